The van der Waals surface area contributed by atoms with Gasteiger partial charge in [0.1, 0.15) is 0 Å². The molecular weight excluding hydrogens is 1040 g/mol. The third-order valence-electron chi connectivity index (χ3n) is 18.8. The van der Waals surface area contributed by atoms with Crippen LogP contribution in [0.4, 0.5) is 0 Å². The van der Waals surface area contributed by atoms with Crippen LogP contribution in [0.3, 0.4) is 0 Å². The van der Waals surface area contributed by atoms with E-state index in [9.17, 15) is 19.8 Å². The van der Waals surface area contributed by atoms with Gasteiger partial charge in [0.15, 0.2) is 0 Å². The van der Waals surface area contributed by atoms with E-state index in [0.717, 1.165) is 38.5 Å². The molecule has 0 saturated carbocycles. The number of carbonyl (C=O) groups is 2. The Kier molecular flexibility index (Phi) is 73.8. The van der Waals surface area contributed by atoms with Gasteiger partial charge in [0.25, 0.3) is 0 Å². The van der Waals surface area contributed by atoms with Crippen molar-refractivity contribution in [1.29, 1.82) is 0 Å². The highest BCUT2D eigenvalue weighted by atomic mass is 16.5. The summed E-state index contributed by atoms with van der Waals surface area (Å²) in [5.74, 6) is -0.0314. The zero-order valence-electron chi connectivity index (χ0n) is 58.1. The Hall–Kier alpha value is -1.40. The summed E-state index contributed by atoms with van der Waals surface area (Å²) in [5, 5.41) is 23.2. The first-order chi connectivity index (χ1) is 42.0. The molecule has 0 aliphatic rings. The smallest absolute Gasteiger partial charge is 0.305 e. The molecule has 0 bridgehead atoms. The molecule has 2 unspecified atom stereocenters. The molecule has 506 valence electrons. The summed E-state index contributed by atoms with van der Waals surface area (Å²) in [5.41, 5.74) is 0. The first-order valence-corrected chi connectivity index (χ1v) is 39.5. The van der Waals surface area contributed by atoms with Gasteiger partial charge >= 0.3 is 5.97 Å². The van der Waals surface area contributed by atoms with Gasteiger partial charge < -0.3 is 20.3 Å². The van der Waals surface area contributed by atoms with Gasteiger partial charge in [0.2, 0.25) is 5.91 Å². The highest BCUT2D eigenvalue weighted by Crippen LogP contribution is 2.20. The van der Waals surface area contributed by atoms with Gasteiger partial charge in [-0.3, -0.25) is 9.59 Å². The molecule has 0 saturated heterocycles. The summed E-state index contributed by atoms with van der Waals surface area (Å²) < 4.78 is 5.52. The molecule has 0 radical (unpaired) electrons. The number of rotatable bonds is 75. The quantitative estimate of drug-likeness (QED) is 0.0320. The lowest BCUT2D eigenvalue weighted by Crippen LogP contribution is -2.45. The molecule has 0 fully saturated rings. The van der Waals surface area contributed by atoms with Crippen molar-refractivity contribution in [3.8, 4) is 0 Å². The highest BCUT2D eigenvalue weighted by Gasteiger charge is 2.18. The number of allylic oxidation sites excluding steroid dienone is 1. The molecule has 0 aliphatic carbocycles. The molecule has 6 nitrogen and oxygen atoms in total. The monoisotopic (exact) mass is 1200 g/mol. The second kappa shape index (κ2) is 75.1. The van der Waals surface area contributed by atoms with Gasteiger partial charge in [0.05, 0.1) is 25.4 Å². The molecule has 6 heteroatoms. The van der Waals surface area contributed by atoms with E-state index in [4.69, 9.17) is 4.74 Å². The highest BCUT2D eigenvalue weighted by molar-refractivity contribution is 5.76. The minimum atomic E-state index is -0.839. The first kappa shape index (κ1) is 83.6. The molecule has 0 aliphatic heterocycles. The third-order valence-corrected chi connectivity index (χ3v) is 18.8. The van der Waals surface area contributed by atoms with E-state index in [1.807, 2.05) is 6.08 Å². The fraction of sp³-hybridized carbons (Fsp3) is 0.949. The molecule has 0 aromatic carbocycles. The second-order valence-electron chi connectivity index (χ2n) is 27.4. The van der Waals surface area contributed by atoms with Gasteiger partial charge in [-0.15, -0.1) is 0 Å². The van der Waals surface area contributed by atoms with E-state index in [1.165, 1.54) is 392 Å². The van der Waals surface area contributed by atoms with Crippen molar-refractivity contribution in [1.82, 2.24) is 5.32 Å². The number of hydrogen-bond acceptors (Lipinski definition) is 5. The van der Waals surface area contributed by atoms with E-state index in [2.05, 4.69) is 19.2 Å². The Morgan fingerprint density at radius 2 is 0.541 bits per heavy atom. The lowest BCUT2D eigenvalue weighted by molar-refractivity contribution is -0.143. The van der Waals surface area contributed by atoms with Crippen molar-refractivity contribution < 1.29 is 24.5 Å². The Morgan fingerprint density at radius 3 is 0.800 bits per heavy atom. The van der Waals surface area contributed by atoms with E-state index in [1.54, 1.807) is 6.08 Å². The van der Waals surface area contributed by atoms with E-state index in [-0.39, 0.29) is 18.5 Å². The summed E-state index contributed by atoms with van der Waals surface area (Å²) in [7, 11) is 0. The van der Waals surface area contributed by atoms with E-state index >= 15 is 0 Å². The standard InChI is InChI=1S/C79H155NO5/c1-3-5-7-9-11-13-15-17-19-20-38-42-45-49-53-57-61-65-69-73-79(84)85-74-70-66-62-58-54-50-46-43-40-37-35-33-31-29-27-25-23-21-22-24-26-28-30-32-34-36-39-41-44-48-52-56-60-64-68-72-78(83)80-76(75-81)77(82)71-67-63-59-55-51-47-18-16-14-12-10-8-6-4-2/h67,71,76-77,81-82H,3-66,68-70,72-75H2,1-2H3,(H,80,83)/b71-67+. The van der Waals surface area contributed by atoms with Crippen molar-refractivity contribution in [3.05, 3.63) is 12.2 Å². The first-order valence-electron chi connectivity index (χ1n) is 39.5. The molecule has 3 N–H and O–H groups in total. The number of aliphatic hydroxyl groups is 2. The lowest BCUT2D eigenvalue weighted by Gasteiger charge is -2.20. The van der Waals surface area contributed by atoms with Gasteiger partial charge in [-0.2, -0.15) is 0 Å². The summed E-state index contributed by atoms with van der Waals surface area (Å²) in [4.78, 5) is 24.6. The third kappa shape index (κ3) is 71.6. The van der Waals surface area contributed by atoms with Crippen LogP contribution < -0.4 is 5.32 Å². The molecule has 0 spiro atoms. The molecule has 85 heavy (non-hydrogen) atoms. The minimum absolute atomic E-state index is 0.0283. The molecule has 0 aromatic heterocycles. The van der Waals surface area contributed by atoms with Crippen molar-refractivity contribution in [2.75, 3.05) is 13.2 Å². The number of ether oxygens (including phenoxy) is 1. The van der Waals surface area contributed by atoms with Gasteiger partial charge in [-0.25, -0.2) is 0 Å². The molecule has 1 amide bonds. The fourth-order valence-electron chi connectivity index (χ4n) is 12.8. The number of esters is 1. The Labute approximate surface area is 533 Å². The average molecular weight is 1200 g/mol. The maximum absolute atomic E-state index is 12.5. The van der Waals surface area contributed by atoms with Crippen molar-refractivity contribution in [2.24, 2.45) is 0 Å². The number of aliphatic hydroxyl groups excluding tert-OH is 2. The number of amides is 1. The van der Waals surface area contributed by atoms with Crippen LogP contribution in [0.2, 0.25) is 0 Å². The fourth-order valence-corrected chi connectivity index (χ4v) is 12.8. The van der Waals surface area contributed by atoms with Crippen LogP contribution in [0.5, 0.6) is 0 Å². The van der Waals surface area contributed by atoms with Crippen molar-refractivity contribution in [3.63, 3.8) is 0 Å². The topological polar surface area (TPSA) is 95.9 Å². The summed E-state index contributed by atoms with van der Waals surface area (Å²) in [6, 6.07) is -0.623. The predicted octanol–water partition coefficient (Wildman–Crippen LogP) is 25.9. The summed E-state index contributed by atoms with van der Waals surface area (Å²) >= 11 is 0. The maximum Gasteiger partial charge on any atom is 0.305 e. The number of hydrogen-bond donors (Lipinski definition) is 3. The van der Waals surface area contributed by atoms with Crippen LogP contribution in [-0.2, 0) is 14.3 Å². The van der Waals surface area contributed by atoms with Crippen molar-refractivity contribution in [2.45, 2.75) is 469 Å². The minimum Gasteiger partial charge on any atom is -0.466 e. The molecule has 0 aromatic rings. The van der Waals surface area contributed by atoms with Crippen LogP contribution >= 0.6 is 0 Å². The van der Waals surface area contributed by atoms with Gasteiger partial charge in [0, 0.05) is 12.8 Å². The molecule has 0 rings (SSSR count). The summed E-state index contributed by atoms with van der Waals surface area (Å²) in [6.45, 7) is 4.96. The zero-order chi connectivity index (χ0) is 61.3. The van der Waals surface area contributed by atoms with Gasteiger partial charge in [-0.1, -0.05) is 424 Å². The maximum atomic E-state index is 12.5. The van der Waals surface area contributed by atoms with Crippen LogP contribution in [0.15, 0.2) is 12.2 Å². The largest absolute Gasteiger partial charge is 0.466 e. The Morgan fingerprint density at radius 1 is 0.318 bits per heavy atom. The van der Waals surface area contributed by atoms with E-state index < -0.39 is 12.1 Å². The summed E-state index contributed by atoms with van der Waals surface area (Å²) in [6.07, 6.45) is 94.9. The van der Waals surface area contributed by atoms with Crippen LogP contribution in [0.25, 0.3) is 0 Å². The van der Waals surface area contributed by atoms with Crippen LogP contribution in [-0.4, -0.2) is 47.4 Å². The normalized spacial score (nSPS) is 12.5. The lowest BCUT2D eigenvalue weighted by atomic mass is 10.0. The van der Waals surface area contributed by atoms with Crippen LogP contribution in [0.1, 0.15) is 457 Å². The molecule has 2 atom stereocenters. The second-order valence-corrected chi connectivity index (χ2v) is 27.4. The average Bonchev–Trinajstić information content (AvgIpc) is 3.51. The number of nitrogens with one attached hydrogen (secondary N) is 1. The SMILES string of the molecule is CCCCCCCCCCCCCC/C=C/C(O)C(CO)NC(=O)CCCCCCCCCCCCCCCCCCCCCCCCCCCCCCCCCCCCCOC(=O)CCCCCCCCCCCCCCCCCCCCC. The zero-order valence-corrected chi connectivity index (χ0v) is 58.1. The number of unbranched alkanes of at least 4 members (excludes halogenated alkanes) is 64. The van der Waals surface area contributed by atoms with E-state index in [0.29, 0.717) is 19.4 Å². The molecular formula is C79H155NO5. The predicted molar refractivity (Wildman–Crippen MR) is 375 cm³/mol. The van der Waals surface area contributed by atoms with Gasteiger partial charge in [-0.05, 0) is 32.1 Å². The Bertz CT molecular complexity index is 1290. The van der Waals surface area contributed by atoms with Crippen molar-refractivity contribution >= 4 is 11.9 Å². The van der Waals surface area contributed by atoms with Crippen LogP contribution in [0, 0.1) is 0 Å². The molecule has 0 heterocycles. The number of carbonyl (C=O) groups excluding carboxylic acids is 2. The Balaban J connectivity index is 3.29.